The molecule has 0 aromatic rings. The van der Waals surface area contributed by atoms with Gasteiger partial charge in [-0.3, -0.25) is 4.79 Å². The first-order valence-corrected chi connectivity index (χ1v) is 5.60. The number of hydrogen-bond donors (Lipinski definition) is 2. The fraction of sp³-hybridized carbons (Fsp3) is 0.909. The van der Waals surface area contributed by atoms with Gasteiger partial charge in [-0.15, -0.1) is 0 Å². The zero-order chi connectivity index (χ0) is 10.7. The van der Waals surface area contributed by atoms with E-state index in [-0.39, 0.29) is 11.9 Å². The van der Waals surface area contributed by atoms with Crippen molar-refractivity contribution in [2.24, 2.45) is 17.6 Å². The highest BCUT2D eigenvalue weighted by molar-refractivity contribution is 5.82. The van der Waals surface area contributed by atoms with E-state index >= 15 is 0 Å². The minimum absolute atomic E-state index is 0.0275. The third kappa shape index (κ3) is 3.29. The lowest BCUT2D eigenvalue weighted by atomic mass is 10.0. The Bertz CT molecular complexity index is 203. The van der Waals surface area contributed by atoms with Gasteiger partial charge < -0.3 is 11.1 Å². The number of nitrogens with two attached hydrogens (primary N) is 1. The fourth-order valence-electron chi connectivity index (χ4n) is 1.78. The van der Waals surface area contributed by atoms with E-state index in [0.29, 0.717) is 17.9 Å². The van der Waals surface area contributed by atoms with Crippen molar-refractivity contribution in [3.63, 3.8) is 0 Å². The predicted octanol–water partition coefficient (Wildman–Crippen LogP) is 1.27. The summed E-state index contributed by atoms with van der Waals surface area (Å²) in [4.78, 5) is 11.6. The van der Waals surface area contributed by atoms with Crippen molar-refractivity contribution in [1.82, 2.24) is 5.32 Å². The molecule has 0 spiro atoms. The van der Waals surface area contributed by atoms with Crippen LogP contribution in [0.3, 0.4) is 0 Å². The first-order valence-electron chi connectivity index (χ1n) is 5.60. The second-order valence-corrected chi connectivity index (χ2v) is 4.76. The molecule has 0 aliphatic heterocycles. The van der Waals surface area contributed by atoms with Gasteiger partial charge in [0.05, 0.1) is 6.04 Å². The highest BCUT2D eigenvalue weighted by atomic mass is 16.2. The summed E-state index contributed by atoms with van der Waals surface area (Å²) in [5.41, 5.74) is 5.77. The van der Waals surface area contributed by atoms with Gasteiger partial charge in [-0.25, -0.2) is 0 Å². The first kappa shape index (κ1) is 11.5. The molecular weight excluding hydrogens is 176 g/mol. The van der Waals surface area contributed by atoms with Crippen molar-refractivity contribution in [1.29, 1.82) is 0 Å². The molecule has 3 heteroatoms. The molecule has 3 N–H and O–H groups in total. The average Bonchev–Trinajstić information content (AvgIpc) is 2.82. The van der Waals surface area contributed by atoms with Crippen LogP contribution in [-0.2, 0) is 4.79 Å². The van der Waals surface area contributed by atoms with Gasteiger partial charge in [0.15, 0.2) is 0 Å². The van der Waals surface area contributed by atoms with Gasteiger partial charge >= 0.3 is 0 Å². The zero-order valence-corrected chi connectivity index (χ0v) is 9.42. The van der Waals surface area contributed by atoms with Gasteiger partial charge in [0, 0.05) is 6.04 Å². The molecule has 1 aliphatic rings. The molecule has 1 saturated carbocycles. The van der Waals surface area contributed by atoms with Crippen LogP contribution in [0, 0.1) is 11.8 Å². The quantitative estimate of drug-likeness (QED) is 0.699. The summed E-state index contributed by atoms with van der Waals surface area (Å²) in [5, 5.41) is 3.00. The predicted molar refractivity (Wildman–Crippen MR) is 57.8 cm³/mol. The molecule has 2 unspecified atom stereocenters. The number of nitrogens with one attached hydrogen (secondary N) is 1. The van der Waals surface area contributed by atoms with Crippen molar-refractivity contribution < 1.29 is 4.79 Å². The van der Waals surface area contributed by atoms with Crippen LogP contribution in [0.1, 0.15) is 40.0 Å². The van der Waals surface area contributed by atoms with Crippen LogP contribution < -0.4 is 11.1 Å². The van der Waals surface area contributed by atoms with Gasteiger partial charge in [0.2, 0.25) is 5.91 Å². The lowest BCUT2D eigenvalue weighted by Crippen LogP contribution is -2.42. The van der Waals surface area contributed by atoms with Crippen LogP contribution in [0.2, 0.25) is 0 Å². The second kappa shape index (κ2) is 4.78. The summed E-state index contributed by atoms with van der Waals surface area (Å²) in [5.74, 6) is 1.21. The SMILES string of the molecule is CCC1CC1NC(=O)[C@@H](N)CC(C)C. The molecular formula is C11H22N2O. The van der Waals surface area contributed by atoms with E-state index in [9.17, 15) is 4.79 Å². The van der Waals surface area contributed by atoms with E-state index in [0.717, 1.165) is 19.3 Å². The Balaban J connectivity index is 2.21. The van der Waals surface area contributed by atoms with Gasteiger partial charge in [-0.05, 0) is 24.7 Å². The standard InChI is InChI=1S/C11H22N2O/c1-4-8-6-10(8)13-11(14)9(12)5-7(2)3/h7-10H,4-6,12H2,1-3H3,(H,13,14)/t8?,9-,10?/m0/s1. The minimum Gasteiger partial charge on any atom is -0.352 e. The van der Waals surface area contributed by atoms with E-state index in [2.05, 4.69) is 26.1 Å². The summed E-state index contributed by atoms with van der Waals surface area (Å²) in [6.45, 7) is 6.32. The second-order valence-electron chi connectivity index (χ2n) is 4.76. The molecule has 1 aliphatic carbocycles. The summed E-state index contributed by atoms with van der Waals surface area (Å²) in [6, 6.07) is 0.0822. The summed E-state index contributed by atoms with van der Waals surface area (Å²) < 4.78 is 0. The van der Waals surface area contributed by atoms with Crippen molar-refractivity contribution >= 4 is 5.91 Å². The van der Waals surface area contributed by atoms with E-state index in [4.69, 9.17) is 5.73 Å². The highest BCUT2D eigenvalue weighted by Crippen LogP contribution is 2.33. The number of carbonyl (C=O) groups is 1. The van der Waals surface area contributed by atoms with Crippen molar-refractivity contribution in [2.45, 2.75) is 52.1 Å². The van der Waals surface area contributed by atoms with E-state index in [1.807, 2.05) is 0 Å². The topological polar surface area (TPSA) is 55.1 Å². The lowest BCUT2D eigenvalue weighted by molar-refractivity contribution is -0.122. The van der Waals surface area contributed by atoms with Gasteiger partial charge in [0.1, 0.15) is 0 Å². The molecule has 1 rings (SSSR count). The Morgan fingerprint density at radius 3 is 2.64 bits per heavy atom. The van der Waals surface area contributed by atoms with Gasteiger partial charge in [-0.2, -0.15) is 0 Å². The third-order valence-corrected chi connectivity index (χ3v) is 2.84. The third-order valence-electron chi connectivity index (χ3n) is 2.84. The van der Waals surface area contributed by atoms with Crippen LogP contribution in [0.15, 0.2) is 0 Å². The van der Waals surface area contributed by atoms with Crippen LogP contribution in [0.5, 0.6) is 0 Å². The van der Waals surface area contributed by atoms with Crippen molar-refractivity contribution in [2.75, 3.05) is 0 Å². The number of amides is 1. The molecule has 1 fully saturated rings. The molecule has 0 heterocycles. The molecule has 14 heavy (non-hydrogen) atoms. The molecule has 3 atom stereocenters. The number of rotatable bonds is 5. The zero-order valence-electron chi connectivity index (χ0n) is 9.42. The molecule has 82 valence electrons. The highest BCUT2D eigenvalue weighted by Gasteiger charge is 2.37. The molecule has 3 nitrogen and oxygen atoms in total. The Labute approximate surface area is 86.4 Å². The smallest absolute Gasteiger partial charge is 0.237 e. The van der Waals surface area contributed by atoms with E-state index in [1.165, 1.54) is 0 Å². The largest absolute Gasteiger partial charge is 0.352 e. The molecule has 1 amide bonds. The van der Waals surface area contributed by atoms with Crippen molar-refractivity contribution in [3.8, 4) is 0 Å². The van der Waals surface area contributed by atoms with E-state index < -0.39 is 0 Å². The Morgan fingerprint density at radius 2 is 2.21 bits per heavy atom. The maximum Gasteiger partial charge on any atom is 0.237 e. The molecule has 0 aromatic carbocycles. The summed E-state index contributed by atoms with van der Waals surface area (Å²) in [7, 11) is 0. The Morgan fingerprint density at radius 1 is 1.57 bits per heavy atom. The van der Waals surface area contributed by atoms with Crippen LogP contribution >= 0.6 is 0 Å². The van der Waals surface area contributed by atoms with Gasteiger partial charge in [0.25, 0.3) is 0 Å². The lowest BCUT2D eigenvalue weighted by Gasteiger charge is -2.13. The van der Waals surface area contributed by atoms with Crippen LogP contribution in [0.25, 0.3) is 0 Å². The number of hydrogen-bond acceptors (Lipinski definition) is 2. The summed E-state index contributed by atoms with van der Waals surface area (Å²) >= 11 is 0. The molecule has 0 saturated heterocycles. The Kier molecular flexibility index (Phi) is 3.93. The van der Waals surface area contributed by atoms with Gasteiger partial charge in [-0.1, -0.05) is 27.2 Å². The maximum atomic E-state index is 11.6. The normalized spacial score (nSPS) is 27.5. The monoisotopic (exact) mass is 198 g/mol. The molecule has 0 radical (unpaired) electrons. The Hall–Kier alpha value is -0.570. The number of carbonyl (C=O) groups excluding carboxylic acids is 1. The van der Waals surface area contributed by atoms with Crippen LogP contribution in [0.4, 0.5) is 0 Å². The van der Waals surface area contributed by atoms with E-state index in [1.54, 1.807) is 0 Å². The van der Waals surface area contributed by atoms with Crippen LogP contribution in [-0.4, -0.2) is 18.0 Å². The van der Waals surface area contributed by atoms with Crippen molar-refractivity contribution in [3.05, 3.63) is 0 Å². The minimum atomic E-state index is -0.326. The first-order chi connectivity index (χ1) is 6.54. The average molecular weight is 198 g/mol. The fourth-order valence-corrected chi connectivity index (χ4v) is 1.78. The molecule has 0 bridgehead atoms. The summed E-state index contributed by atoms with van der Waals surface area (Å²) in [6.07, 6.45) is 3.07. The maximum absolute atomic E-state index is 11.6. The molecule has 0 aromatic heterocycles.